The summed E-state index contributed by atoms with van der Waals surface area (Å²) in [5.74, 6) is -4.78. The molecule has 0 radical (unpaired) electrons. The van der Waals surface area contributed by atoms with Crippen molar-refractivity contribution in [2.24, 2.45) is 0 Å². The van der Waals surface area contributed by atoms with Crippen molar-refractivity contribution in [3.8, 4) is 6.01 Å². The molecule has 5 N–H and O–H groups in total. The van der Waals surface area contributed by atoms with Crippen molar-refractivity contribution >= 4 is 52.8 Å². The van der Waals surface area contributed by atoms with Crippen molar-refractivity contribution in [1.29, 1.82) is 0 Å². The van der Waals surface area contributed by atoms with Gasteiger partial charge in [-0.1, -0.05) is 41.9 Å². The molecule has 278 valence electrons. The van der Waals surface area contributed by atoms with Crippen LogP contribution in [-0.2, 0) is 26.3 Å². The molecule has 0 aliphatic heterocycles. The molecule has 0 saturated heterocycles. The first-order chi connectivity index (χ1) is 25.2. The lowest BCUT2D eigenvalue weighted by Crippen LogP contribution is -2.42. The van der Waals surface area contributed by atoms with E-state index in [1.807, 2.05) is 12.1 Å². The first-order valence-electron chi connectivity index (χ1n) is 16.1. The number of alkyl halides is 3. The van der Waals surface area contributed by atoms with Crippen LogP contribution >= 0.6 is 11.6 Å². The zero-order chi connectivity index (χ0) is 38.2. The zero-order valence-corrected chi connectivity index (χ0v) is 28.4. The number of carboxylic acids is 1. The predicted molar refractivity (Wildman–Crippen MR) is 183 cm³/mol. The number of carboxylic acid groups (broad SMARTS) is 1. The second-order valence-electron chi connectivity index (χ2n) is 12.0. The van der Waals surface area contributed by atoms with E-state index in [9.17, 15) is 41.8 Å². The lowest BCUT2D eigenvalue weighted by molar-refractivity contribution is -0.154. The van der Waals surface area contributed by atoms with Crippen molar-refractivity contribution in [2.75, 3.05) is 23.8 Å². The highest BCUT2D eigenvalue weighted by Gasteiger charge is 2.45. The van der Waals surface area contributed by atoms with E-state index in [1.54, 1.807) is 24.3 Å². The summed E-state index contributed by atoms with van der Waals surface area (Å²) in [4.78, 5) is 61.4. The fourth-order valence-electron chi connectivity index (χ4n) is 5.11. The molecule has 1 aliphatic rings. The van der Waals surface area contributed by atoms with Crippen LogP contribution in [0.5, 0.6) is 6.01 Å². The molecule has 0 bridgehead atoms. The molecule has 0 spiro atoms. The van der Waals surface area contributed by atoms with Crippen molar-refractivity contribution < 1.29 is 46.6 Å². The number of ether oxygens (including phenoxy) is 1. The average molecular weight is 758 g/mol. The Hall–Kier alpha value is -5.84. The zero-order valence-electron chi connectivity index (χ0n) is 27.7. The maximum Gasteiger partial charge on any atom is 0.422 e. The monoisotopic (exact) mass is 757 g/mol. The van der Waals surface area contributed by atoms with Gasteiger partial charge in [0.05, 0.1) is 5.54 Å². The Morgan fingerprint density at radius 2 is 1.60 bits per heavy atom. The lowest BCUT2D eigenvalue weighted by Gasteiger charge is -2.19. The number of ketones is 1. The Morgan fingerprint density at radius 1 is 0.925 bits per heavy atom. The Kier molecular flexibility index (Phi) is 12.1. The number of anilines is 3. The number of halogens is 5. The molecular formula is C35H32ClF4N7O6. The predicted octanol–water partition coefficient (Wildman–Crippen LogP) is 5.34. The number of carbonyl (C=O) groups excluding carboxylic acids is 3. The molecule has 1 fully saturated rings. The van der Waals surface area contributed by atoms with Crippen molar-refractivity contribution in [3.05, 3.63) is 100 Å². The van der Waals surface area contributed by atoms with E-state index in [2.05, 4.69) is 36.2 Å². The van der Waals surface area contributed by atoms with Gasteiger partial charge in [0, 0.05) is 29.2 Å². The number of hydrogen-bond donors (Lipinski definition) is 5. The highest BCUT2D eigenvalue weighted by molar-refractivity contribution is 6.36. The van der Waals surface area contributed by atoms with Gasteiger partial charge in [-0.3, -0.25) is 14.4 Å². The smallest absolute Gasteiger partial charge is 0.422 e. The molecule has 18 heteroatoms. The standard InChI is InChI=1S/C35H32ClF4N7O6/c36-23-9-7-22(8-10-23)34(16-17-34)47-32-44-31(45-33(46-32)53-19-35(38,39)40)42-24-11-5-21(6-12-24)28(49)43-26(30(51)52)13-14-27(48)29(50)41-18-15-20-3-1-2-4-25(20)37/h1-12,26H,13-19H2,(H,41,50)(H,43,49)(H,51,52)(H2,42,44,45,46,47)/t26-/m0/s1. The minimum atomic E-state index is -4.65. The molecule has 1 atom stereocenters. The summed E-state index contributed by atoms with van der Waals surface area (Å²) in [6, 6.07) is 16.4. The maximum atomic E-state index is 13.8. The summed E-state index contributed by atoms with van der Waals surface area (Å²) in [5.41, 5.74) is 0.993. The minimum absolute atomic E-state index is 0.0151. The van der Waals surface area contributed by atoms with Crippen LogP contribution in [0.1, 0.15) is 47.2 Å². The molecule has 2 amide bonds. The number of rotatable bonds is 17. The van der Waals surface area contributed by atoms with Crippen LogP contribution in [0.2, 0.25) is 5.02 Å². The van der Waals surface area contributed by atoms with E-state index in [0.717, 1.165) is 5.56 Å². The number of benzene rings is 3. The third-order valence-electron chi connectivity index (χ3n) is 8.04. The van der Waals surface area contributed by atoms with Gasteiger partial charge in [-0.05, 0) is 79.3 Å². The molecule has 3 aromatic carbocycles. The van der Waals surface area contributed by atoms with Crippen LogP contribution in [-0.4, -0.2) is 69.0 Å². The lowest BCUT2D eigenvalue weighted by atomic mass is 10.1. The summed E-state index contributed by atoms with van der Waals surface area (Å²) >= 11 is 6.01. The summed E-state index contributed by atoms with van der Waals surface area (Å²) in [6.45, 7) is -1.66. The average Bonchev–Trinajstić information content (AvgIpc) is 3.90. The van der Waals surface area contributed by atoms with Crippen LogP contribution in [0.4, 0.5) is 35.1 Å². The van der Waals surface area contributed by atoms with Crippen LogP contribution in [0.3, 0.4) is 0 Å². The maximum absolute atomic E-state index is 13.8. The number of nitrogens with zero attached hydrogens (tertiary/aromatic N) is 3. The fraction of sp³-hybridized carbons (Fsp3) is 0.286. The van der Waals surface area contributed by atoms with Crippen molar-refractivity contribution in [1.82, 2.24) is 25.6 Å². The Balaban J connectivity index is 1.18. The number of nitrogens with one attached hydrogen (secondary N) is 4. The molecule has 5 rings (SSSR count). The van der Waals surface area contributed by atoms with Gasteiger partial charge in [0.15, 0.2) is 6.61 Å². The molecule has 4 aromatic rings. The molecular weight excluding hydrogens is 726 g/mol. The minimum Gasteiger partial charge on any atom is -0.480 e. The molecule has 1 aromatic heterocycles. The second-order valence-corrected chi connectivity index (χ2v) is 12.4. The number of aromatic nitrogens is 3. The van der Waals surface area contributed by atoms with Crippen LogP contribution in [0.25, 0.3) is 0 Å². The van der Waals surface area contributed by atoms with Crippen molar-refractivity contribution in [2.45, 2.75) is 49.9 Å². The topological polar surface area (TPSA) is 185 Å². The summed E-state index contributed by atoms with van der Waals surface area (Å²) in [7, 11) is 0. The summed E-state index contributed by atoms with van der Waals surface area (Å²) in [6.07, 6.45) is -3.99. The largest absolute Gasteiger partial charge is 0.480 e. The first kappa shape index (κ1) is 38.4. The van der Waals surface area contributed by atoms with Gasteiger partial charge in [-0.2, -0.15) is 28.1 Å². The molecule has 1 aliphatic carbocycles. The number of carbonyl (C=O) groups is 4. The Morgan fingerprint density at radius 3 is 2.25 bits per heavy atom. The number of hydrogen-bond acceptors (Lipinski definition) is 10. The summed E-state index contributed by atoms with van der Waals surface area (Å²) in [5, 5.41) is 20.8. The van der Waals surface area contributed by atoms with E-state index < -0.39 is 66.2 Å². The number of Topliss-reactive ketones (excluding diaryl/α,β-unsaturated/α-hetero) is 1. The first-order valence-corrected chi connectivity index (χ1v) is 16.5. The van der Waals surface area contributed by atoms with E-state index in [4.69, 9.17) is 16.3 Å². The number of amides is 2. The Bertz CT molecular complexity index is 1960. The van der Waals surface area contributed by atoms with Crippen LogP contribution < -0.4 is 26.0 Å². The van der Waals surface area contributed by atoms with Crippen LogP contribution in [0, 0.1) is 5.82 Å². The Labute approximate surface area is 304 Å². The van der Waals surface area contributed by atoms with Crippen LogP contribution in [0.15, 0.2) is 72.8 Å². The third kappa shape index (κ3) is 11.1. The highest BCUT2D eigenvalue weighted by atomic mass is 35.5. The van der Waals surface area contributed by atoms with E-state index in [-0.39, 0.29) is 36.8 Å². The highest BCUT2D eigenvalue weighted by Crippen LogP contribution is 2.48. The molecule has 1 saturated carbocycles. The van der Waals surface area contributed by atoms with Crippen molar-refractivity contribution in [3.63, 3.8) is 0 Å². The molecule has 53 heavy (non-hydrogen) atoms. The number of aliphatic carboxylic acids is 1. The van der Waals surface area contributed by atoms with Gasteiger partial charge in [0.1, 0.15) is 11.9 Å². The van der Waals surface area contributed by atoms with E-state index in [1.165, 1.54) is 36.4 Å². The van der Waals surface area contributed by atoms with E-state index in [0.29, 0.717) is 29.1 Å². The van der Waals surface area contributed by atoms with Gasteiger partial charge in [0.25, 0.3) is 11.8 Å². The normalized spacial score (nSPS) is 13.7. The summed E-state index contributed by atoms with van der Waals surface area (Å²) < 4.78 is 57.3. The van der Waals surface area contributed by atoms with Gasteiger partial charge in [0.2, 0.25) is 17.7 Å². The van der Waals surface area contributed by atoms with Gasteiger partial charge < -0.3 is 31.1 Å². The van der Waals surface area contributed by atoms with Gasteiger partial charge in [-0.25, -0.2) is 9.18 Å². The van der Waals surface area contributed by atoms with Gasteiger partial charge >= 0.3 is 18.2 Å². The molecule has 1 heterocycles. The molecule has 13 nitrogen and oxygen atoms in total. The SMILES string of the molecule is O=C(CC[C@H](NC(=O)c1ccc(Nc2nc(NC3(c4ccc(Cl)cc4)CC3)nc(OCC(F)(F)F)n2)cc1)C(=O)O)C(=O)NCCc1ccccc1F. The quantitative estimate of drug-likeness (QED) is 0.0692. The second kappa shape index (κ2) is 16.7. The van der Waals surface area contributed by atoms with E-state index >= 15 is 0 Å². The third-order valence-corrected chi connectivity index (χ3v) is 8.29. The fourth-order valence-corrected chi connectivity index (χ4v) is 5.23. The molecule has 0 unspecified atom stereocenters. The van der Waals surface area contributed by atoms with Gasteiger partial charge in [-0.15, -0.1) is 0 Å².